The Labute approximate surface area is 151 Å². The number of hydrogen-bond donors (Lipinski definition) is 3. The number of nitrogens with zero attached hydrogens (tertiary/aromatic N) is 1. The van der Waals surface area contributed by atoms with Crippen LogP contribution < -0.4 is 10.6 Å². The van der Waals surface area contributed by atoms with Gasteiger partial charge in [-0.3, -0.25) is 14.8 Å². The van der Waals surface area contributed by atoms with E-state index in [0.717, 1.165) is 19.3 Å². The van der Waals surface area contributed by atoms with Crippen molar-refractivity contribution in [1.29, 1.82) is 0 Å². The van der Waals surface area contributed by atoms with Gasteiger partial charge in [0.15, 0.2) is 0 Å². The van der Waals surface area contributed by atoms with Crippen molar-refractivity contribution in [3.8, 4) is 0 Å². The molecule has 0 aliphatic rings. The van der Waals surface area contributed by atoms with E-state index in [-0.39, 0.29) is 17.4 Å². The molecule has 1 atom stereocenters. The van der Waals surface area contributed by atoms with Gasteiger partial charge in [-0.05, 0) is 32.6 Å². The molecule has 0 heterocycles. The molecular weight excluding hydrogens is 322 g/mol. The van der Waals surface area contributed by atoms with Crippen molar-refractivity contribution >= 4 is 17.8 Å². The minimum Gasteiger partial charge on any atom is -0.350 e. The number of hydroxylamine groups is 2. The highest BCUT2D eigenvalue weighted by molar-refractivity contribution is 5.95. The molecule has 1 unspecified atom stereocenters. The van der Waals surface area contributed by atoms with Gasteiger partial charge in [-0.25, -0.2) is 4.79 Å². The van der Waals surface area contributed by atoms with Crippen LogP contribution in [0.1, 0.15) is 80.6 Å². The van der Waals surface area contributed by atoms with Crippen LogP contribution in [-0.4, -0.2) is 39.7 Å². The number of carbonyl (C=O) groups excluding carboxylic acids is 3. The lowest BCUT2D eigenvalue weighted by atomic mass is 9.85. The highest BCUT2D eigenvalue weighted by Crippen LogP contribution is 2.20. The molecule has 0 aliphatic carbocycles. The maximum absolute atomic E-state index is 12.5. The van der Waals surface area contributed by atoms with E-state index in [1.165, 1.54) is 0 Å². The Balaban J connectivity index is 4.86. The van der Waals surface area contributed by atoms with E-state index >= 15 is 0 Å². The van der Waals surface area contributed by atoms with Crippen molar-refractivity contribution in [2.45, 2.75) is 92.2 Å². The lowest BCUT2D eigenvalue weighted by Gasteiger charge is -2.33. The van der Waals surface area contributed by atoms with E-state index in [4.69, 9.17) is 0 Å². The molecule has 0 spiro atoms. The van der Waals surface area contributed by atoms with Gasteiger partial charge in [0.1, 0.15) is 6.04 Å². The Morgan fingerprint density at radius 3 is 2.00 bits per heavy atom. The van der Waals surface area contributed by atoms with Crippen LogP contribution in [0.4, 0.5) is 4.79 Å². The molecule has 0 radical (unpaired) electrons. The monoisotopic (exact) mass is 357 g/mol. The number of urea groups is 1. The van der Waals surface area contributed by atoms with E-state index in [1.54, 1.807) is 20.8 Å². The first-order chi connectivity index (χ1) is 11.3. The Hall–Kier alpha value is -1.63. The summed E-state index contributed by atoms with van der Waals surface area (Å²) in [5.74, 6) is -1.03. The molecule has 7 nitrogen and oxygen atoms in total. The number of carbonyl (C=O) groups is 3. The van der Waals surface area contributed by atoms with Crippen molar-refractivity contribution < 1.29 is 19.6 Å². The summed E-state index contributed by atoms with van der Waals surface area (Å²) in [4.78, 5) is 36.5. The van der Waals surface area contributed by atoms with Gasteiger partial charge in [0, 0.05) is 12.0 Å². The third-order valence-electron chi connectivity index (χ3n) is 3.57. The van der Waals surface area contributed by atoms with Crippen molar-refractivity contribution in [2.24, 2.45) is 5.41 Å². The Bertz CT molecular complexity index is 464. The molecule has 0 bridgehead atoms. The molecule has 146 valence electrons. The maximum Gasteiger partial charge on any atom is 0.349 e. The van der Waals surface area contributed by atoms with Crippen molar-refractivity contribution in [1.82, 2.24) is 15.7 Å². The molecular formula is C18H35N3O4. The summed E-state index contributed by atoms with van der Waals surface area (Å²) in [6, 6.07) is -1.87. The summed E-state index contributed by atoms with van der Waals surface area (Å²) >= 11 is 0. The minimum atomic E-state index is -0.982. The Morgan fingerprint density at radius 1 is 1.00 bits per heavy atom. The summed E-state index contributed by atoms with van der Waals surface area (Å²) in [6.07, 6.45) is 3.62. The second kappa shape index (κ2) is 9.75. The zero-order valence-electron chi connectivity index (χ0n) is 16.7. The molecule has 4 amide bonds. The normalized spacial score (nSPS) is 13.1. The molecule has 3 N–H and O–H groups in total. The maximum atomic E-state index is 12.5. The molecule has 7 heteroatoms. The lowest BCUT2D eigenvalue weighted by Crippen LogP contribution is -2.59. The number of amides is 4. The summed E-state index contributed by atoms with van der Waals surface area (Å²) in [7, 11) is 0. The van der Waals surface area contributed by atoms with E-state index < -0.39 is 28.9 Å². The van der Waals surface area contributed by atoms with Crippen LogP contribution >= 0.6 is 0 Å². The number of imide groups is 1. The lowest BCUT2D eigenvalue weighted by molar-refractivity contribution is -0.153. The minimum absolute atomic E-state index is 0.0784. The van der Waals surface area contributed by atoms with Gasteiger partial charge in [0.25, 0.3) is 5.91 Å². The predicted octanol–water partition coefficient (Wildman–Crippen LogP) is 3.21. The van der Waals surface area contributed by atoms with Gasteiger partial charge in [-0.2, -0.15) is 0 Å². The molecule has 0 aliphatic heterocycles. The van der Waals surface area contributed by atoms with Crippen molar-refractivity contribution in [3.63, 3.8) is 0 Å². The average molecular weight is 357 g/mol. The molecule has 0 saturated carbocycles. The van der Waals surface area contributed by atoms with Gasteiger partial charge in [-0.1, -0.05) is 47.0 Å². The van der Waals surface area contributed by atoms with Gasteiger partial charge in [-0.15, -0.1) is 5.06 Å². The largest absolute Gasteiger partial charge is 0.350 e. The summed E-state index contributed by atoms with van der Waals surface area (Å²) in [6.45, 7) is 13.0. The SMILES string of the molecule is CCCCCCC(=O)N(O)C(=O)NC(C(=O)NC(C)(C)C)C(C)(C)C. The zero-order valence-corrected chi connectivity index (χ0v) is 16.7. The van der Waals surface area contributed by atoms with E-state index in [9.17, 15) is 19.6 Å². The molecule has 0 saturated heterocycles. The molecule has 0 aromatic heterocycles. The summed E-state index contributed by atoms with van der Waals surface area (Å²) in [5, 5.41) is 15.2. The van der Waals surface area contributed by atoms with E-state index in [2.05, 4.69) is 17.6 Å². The van der Waals surface area contributed by atoms with Gasteiger partial charge >= 0.3 is 6.03 Å². The van der Waals surface area contributed by atoms with Crippen LogP contribution in [0.2, 0.25) is 0 Å². The average Bonchev–Trinajstić information content (AvgIpc) is 2.44. The van der Waals surface area contributed by atoms with Gasteiger partial charge in [0.2, 0.25) is 5.91 Å². The molecule has 0 fully saturated rings. The van der Waals surface area contributed by atoms with Crippen LogP contribution in [0, 0.1) is 5.41 Å². The molecule has 0 aromatic rings. The predicted molar refractivity (Wildman–Crippen MR) is 97.1 cm³/mol. The second-order valence-corrected chi connectivity index (χ2v) is 8.50. The molecule has 25 heavy (non-hydrogen) atoms. The number of hydrogen-bond acceptors (Lipinski definition) is 4. The van der Waals surface area contributed by atoms with Crippen LogP contribution in [-0.2, 0) is 9.59 Å². The second-order valence-electron chi connectivity index (χ2n) is 8.50. The van der Waals surface area contributed by atoms with E-state index in [0.29, 0.717) is 6.42 Å². The Kier molecular flexibility index (Phi) is 9.11. The van der Waals surface area contributed by atoms with Crippen LogP contribution in [0.15, 0.2) is 0 Å². The van der Waals surface area contributed by atoms with Crippen LogP contribution in [0.5, 0.6) is 0 Å². The van der Waals surface area contributed by atoms with Crippen LogP contribution in [0.25, 0.3) is 0 Å². The van der Waals surface area contributed by atoms with E-state index in [1.807, 2.05) is 20.8 Å². The fourth-order valence-corrected chi connectivity index (χ4v) is 2.22. The van der Waals surface area contributed by atoms with Gasteiger partial charge in [0.05, 0.1) is 0 Å². The number of unbranched alkanes of at least 4 members (excludes halogenated alkanes) is 3. The molecule has 0 rings (SSSR count). The number of nitrogens with one attached hydrogen (secondary N) is 2. The third kappa shape index (κ3) is 9.43. The topological polar surface area (TPSA) is 98.7 Å². The summed E-state index contributed by atoms with van der Waals surface area (Å²) in [5.41, 5.74) is -1.05. The molecule has 0 aromatic carbocycles. The van der Waals surface area contributed by atoms with Crippen LogP contribution in [0.3, 0.4) is 0 Å². The zero-order chi connectivity index (χ0) is 19.8. The summed E-state index contributed by atoms with van der Waals surface area (Å²) < 4.78 is 0. The quantitative estimate of drug-likeness (QED) is 0.370. The number of rotatable bonds is 7. The first kappa shape index (κ1) is 23.4. The van der Waals surface area contributed by atoms with Crippen molar-refractivity contribution in [3.05, 3.63) is 0 Å². The smallest absolute Gasteiger partial charge is 0.349 e. The first-order valence-corrected chi connectivity index (χ1v) is 8.94. The standard InChI is InChI=1S/C18H35N3O4/c1-8-9-10-11-12-13(22)21(25)16(24)19-14(17(2,3)4)15(23)20-18(5,6)7/h14,25H,8-12H2,1-7H3,(H,19,24)(H,20,23). The fourth-order valence-electron chi connectivity index (χ4n) is 2.22. The van der Waals surface area contributed by atoms with Gasteiger partial charge < -0.3 is 10.6 Å². The third-order valence-corrected chi connectivity index (χ3v) is 3.57. The highest BCUT2D eigenvalue weighted by atomic mass is 16.5. The highest BCUT2D eigenvalue weighted by Gasteiger charge is 2.36. The van der Waals surface area contributed by atoms with Crippen molar-refractivity contribution in [2.75, 3.05) is 0 Å². The Morgan fingerprint density at radius 2 is 1.56 bits per heavy atom. The first-order valence-electron chi connectivity index (χ1n) is 8.94. The fraction of sp³-hybridized carbons (Fsp3) is 0.833.